The quantitative estimate of drug-likeness (QED) is 0.648. The topological polar surface area (TPSA) is 75.8 Å². The van der Waals surface area contributed by atoms with E-state index in [9.17, 15) is 4.79 Å². The van der Waals surface area contributed by atoms with Crippen molar-refractivity contribution < 1.29 is 14.6 Å². The minimum Gasteiger partial charge on any atom is -0.480 e. The minimum atomic E-state index is -0.805. The average Bonchev–Trinajstić information content (AvgIpc) is 2.65. The van der Waals surface area contributed by atoms with Crippen molar-refractivity contribution >= 4 is 5.97 Å². The highest BCUT2D eigenvalue weighted by atomic mass is 16.5. The van der Waals surface area contributed by atoms with Crippen molar-refractivity contribution in [2.75, 3.05) is 26.7 Å². The van der Waals surface area contributed by atoms with Crippen LogP contribution in [-0.2, 0) is 9.53 Å². The fraction of sp³-hybridized carbons (Fsp3) is 0.900. The lowest BCUT2D eigenvalue weighted by Crippen LogP contribution is -2.43. The summed E-state index contributed by atoms with van der Waals surface area (Å²) in [6, 6.07) is -0.487. The van der Waals surface area contributed by atoms with Gasteiger partial charge in [-0.2, -0.15) is 0 Å². The molecule has 1 aliphatic rings. The lowest BCUT2D eigenvalue weighted by Gasteiger charge is -2.26. The summed E-state index contributed by atoms with van der Waals surface area (Å²) < 4.78 is 5.47. The average molecular weight is 216 g/mol. The molecule has 0 bridgehead atoms. The molecule has 0 saturated carbocycles. The number of rotatable bonds is 6. The molecule has 1 rings (SSSR count). The van der Waals surface area contributed by atoms with Crippen LogP contribution >= 0.6 is 0 Å². The maximum absolute atomic E-state index is 11.0. The van der Waals surface area contributed by atoms with Crippen molar-refractivity contribution in [3.8, 4) is 0 Å². The van der Waals surface area contributed by atoms with Crippen molar-refractivity contribution in [2.24, 2.45) is 5.73 Å². The fourth-order valence-electron chi connectivity index (χ4n) is 1.93. The number of aliphatic carboxylic acids is 1. The van der Waals surface area contributed by atoms with Crippen LogP contribution < -0.4 is 5.73 Å². The maximum atomic E-state index is 11.0. The molecule has 5 nitrogen and oxygen atoms in total. The van der Waals surface area contributed by atoms with Gasteiger partial charge in [0.25, 0.3) is 0 Å². The second-order valence-corrected chi connectivity index (χ2v) is 4.01. The second-order valence-electron chi connectivity index (χ2n) is 4.01. The molecule has 0 aromatic carbocycles. The van der Waals surface area contributed by atoms with Crippen LogP contribution in [0.1, 0.15) is 19.3 Å². The highest BCUT2D eigenvalue weighted by Crippen LogP contribution is 2.14. The van der Waals surface area contributed by atoms with Crippen LogP contribution in [0.2, 0.25) is 0 Å². The molecule has 2 unspecified atom stereocenters. The Morgan fingerprint density at radius 1 is 1.73 bits per heavy atom. The molecule has 1 fully saturated rings. The molecule has 0 aromatic heterocycles. The van der Waals surface area contributed by atoms with E-state index in [-0.39, 0.29) is 6.10 Å². The smallest absolute Gasteiger partial charge is 0.320 e. The maximum Gasteiger partial charge on any atom is 0.320 e. The highest BCUT2D eigenvalue weighted by Gasteiger charge is 2.25. The summed E-state index contributed by atoms with van der Waals surface area (Å²) >= 11 is 0. The summed E-state index contributed by atoms with van der Waals surface area (Å²) in [5, 5.41) is 9.01. The third kappa shape index (κ3) is 3.77. The lowest BCUT2D eigenvalue weighted by atomic mass is 10.1. The predicted octanol–water partition coefficient (Wildman–Crippen LogP) is -0.101. The molecule has 88 valence electrons. The summed E-state index contributed by atoms with van der Waals surface area (Å²) in [5.74, 6) is -0.805. The van der Waals surface area contributed by atoms with E-state index in [0.29, 0.717) is 19.5 Å². The number of likely N-dealkylation sites (N-methyl/N-ethyl adjacent to an activating group) is 1. The van der Waals surface area contributed by atoms with Gasteiger partial charge in [-0.1, -0.05) is 0 Å². The van der Waals surface area contributed by atoms with Crippen molar-refractivity contribution in [3.63, 3.8) is 0 Å². The van der Waals surface area contributed by atoms with E-state index in [4.69, 9.17) is 15.6 Å². The van der Waals surface area contributed by atoms with Gasteiger partial charge in [0.1, 0.15) is 6.04 Å². The molecule has 2 atom stereocenters. The number of hydrogen-bond acceptors (Lipinski definition) is 4. The van der Waals surface area contributed by atoms with Gasteiger partial charge in [-0.25, -0.2) is 0 Å². The summed E-state index contributed by atoms with van der Waals surface area (Å²) in [7, 11) is 1.82. The Labute approximate surface area is 90.2 Å². The highest BCUT2D eigenvalue weighted by molar-refractivity contribution is 5.73. The molecule has 5 heteroatoms. The number of nitrogens with zero attached hydrogens (tertiary/aromatic N) is 1. The first-order valence-corrected chi connectivity index (χ1v) is 5.40. The molecular formula is C10H20N2O3. The normalized spacial score (nSPS) is 23.3. The Kier molecular flexibility index (Phi) is 5.01. The molecule has 1 aliphatic heterocycles. The lowest BCUT2D eigenvalue weighted by molar-refractivity contribution is -0.143. The molecule has 1 heterocycles. The first-order valence-electron chi connectivity index (χ1n) is 5.40. The predicted molar refractivity (Wildman–Crippen MR) is 56.7 cm³/mol. The molecule has 3 N–H and O–H groups in total. The molecule has 0 spiro atoms. The SMILES string of the molecule is CN(CC1CCCO1)C(CCN)C(=O)O. The zero-order valence-corrected chi connectivity index (χ0v) is 9.19. The Balaban J connectivity index is 2.40. The molecular weight excluding hydrogens is 196 g/mol. The van der Waals surface area contributed by atoms with Gasteiger partial charge in [0.15, 0.2) is 0 Å². The van der Waals surface area contributed by atoms with Crippen molar-refractivity contribution in [1.29, 1.82) is 0 Å². The number of nitrogens with two attached hydrogens (primary N) is 1. The number of carboxylic acids is 1. The van der Waals surface area contributed by atoms with Crippen LogP contribution in [0.15, 0.2) is 0 Å². The van der Waals surface area contributed by atoms with Crippen LogP contribution in [0.25, 0.3) is 0 Å². The first-order chi connectivity index (χ1) is 7.15. The van der Waals surface area contributed by atoms with Gasteiger partial charge in [0, 0.05) is 13.2 Å². The third-order valence-electron chi connectivity index (χ3n) is 2.77. The van der Waals surface area contributed by atoms with E-state index in [0.717, 1.165) is 19.4 Å². The zero-order chi connectivity index (χ0) is 11.3. The van der Waals surface area contributed by atoms with Gasteiger partial charge in [-0.3, -0.25) is 9.69 Å². The van der Waals surface area contributed by atoms with E-state index in [1.54, 1.807) is 0 Å². The van der Waals surface area contributed by atoms with Crippen molar-refractivity contribution in [3.05, 3.63) is 0 Å². The van der Waals surface area contributed by atoms with Crippen LogP contribution in [0.3, 0.4) is 0 Å². The van der Waals surface area contributed by atoms with E-state index in [2.05, 4.69) is 0 Å². The number of carbonyl (C=O) groups is 1. The summed E-state index contributed by atoms with van der Waals surface area (Å²) in [4.78, 5) is 12.8. The number of carboxylic acid groups (broad SMARTS) is 1. The van der Waals surface area contributed by atoms with E-state index < -0.39 is 12.0 Å². The Morgan fingerprint density at radius 2 is 2.47 bits per heavy atom. The second kappa shape index (κ2) is 6.05. The Morgan fingerprint density at radius 3 is 2.93 bits per heavy atom. The van der Waals surface area contributed by atoms with Gasteiger partial charge in [0.05, 0.1) is 6.10 Å². The standard InChI is InChI=1S/C10H20N2O3/c1-12(7-8-3-2-6-15-8)9(4-5-11)10(13)14/h8-9H,2-7,11H2,1H3,(H,13,14). The molecule has 1 saturated heterocycles. The van der Waals surface area contributed by atoms with E-state index in [1.807, 2.05) is 11.9 Å². The van der Waals surface area contributed by atoms with E-state index >= 15 is 0 Å². The van der Waals surface area contributed by atoms with Gasteiger partial charge in [-0.15, -0.1) is 0 Å². The zero-order valence-electron chi connectivity index (χ0n) is 9.19. The summed E-state index contributed by atoms with van der Waals surface area (Å²) in [6.45, 7) is 1.87. The van der Waals surface area contributed by atoms with Gasteiger partial charge < -0.3 is 15.6 Å². The minimum absolute atomic E-state index is 0.189. The molecule has 0 aromatic rings. The Hall–Kier alpha value is -0.650. The first kappa shape index (κ1) is 12.4. The third-order valence-corrected chi connectivity index (χ3v) is 2.77. The Bertz CT molecular complexity index is 205. The largest absolute Gasteiger partial charge is 0.480 e. The van der Waals surface area contributed by atoms with Crippen LogP contribution in [0, 0.1) is 0 Å². The van der Waals surface area contributed by atoms with Crippen LogP contribution in [0.5, 0.6) is 0 Å². The molecule has 0 amide bonds. The molecule has 0 aliphatic carbocycles. The van der Waals surface area contributed by atoms with Crippen LogP contribution in [-0.4, -0.2) is 54.9 Å². The fourth-order valence-corrected chi connectivity index (χ4v) is 1.93. The van der Waals surface area contributed by atoms with E-state index in [1.165, 1.54) is 0 Å². The van der Waals surface area contributed by atoms with Crippen molar-refractivity contribution in [2.45, 2.75) is 31.4 Å². The molecule has 0 radical (unpaired) electrons. The summed E-state index contributed by atoms with van der Waals surface area (Å²) in [5.41, 5.74) is 5.39. The molecule has 15 heavy (non-hydrogen) atoms. The van der Waals surface area contributed by atoms with Gasteiger partial charge >= 0.3 is 5.97 Å². The number of ether oxygens (including phenoxy) is 1. The van der Waals surface area contributed by atoms with Gasteiger partial charge in [-0.05, 0) is 32.9 Å². The summed E-state index contributed by atoms with van der Waals surface area (Å²) in [6.07, 6.45) is 2.78. The van der Waals surface area contributed by atoms with Gasteiger partial charge in [0.2, 0.25) is 0 Å². The monoisotopic (exact) mass is 216 g/mol. The van der Waals surface area contributed by atoms with Crippen molar-refractivity contribution in [1.82, 2.24) is 4.90 Å². The van der Waals surface area contributed by atoms with Crippen LogP contribution in [0.4, 0.5) is 0 Å². The number of hydrogen-bond donors (Lipinski definition) is 2.